The molecule has 3 atom stereocenters. The van der Waals surface area contributed by atoms with Crippen molar-refractivity contribution in [3.05, 3.63) is 23.6 Å². The van der Waals surface area contributed by atoms with Crippen molar-refractivity contribution in [2.75, 3.05) is 31.5 Å². The number of nitrogens with zero attached hydrogens (tertiary/aromatic N) is 3. The van der Waals surface area contributed by atoms with Crippen LogP contribution in [-0.4, -0.2) is 58.9 Å². The van der Waals surface area contributed by atoms with Gasteiger partial charge in [0.15, 0.2) is 0 Å². The van der Waals surface area contributed by atoms with E-state index in [-0.39, 0.29) is 11.8 Å². The lowest BCUT2D eigenvalue weighted by atomic mass is 9.77. The number of furan rings is 1. The van der Waals surface area contributed by atoms with Gasteiger partial charge in [0, 0.05) is 37.9 Å². The Bertz CT molecular complexity index is 943. The predicted molar refractivity (Wildman–Crippen MR) is 104 cm³/mol. The summed E-state index contributed by atoms with van der Waals surface area (Å²) < 4.78 is 5.51. The maximum atomic E-state index is 12.9. The number of fused-ring (bicyclic) bond motifs is 2. The molecule has 0 spiro atoms. The van der Waals surface area contributed by atoms with Gasteiger partial charge in [0.05, 0.1) is 5.39 Å². The summed E-state index contributed by atoms with van der Waals surface area (Å²) in [6.45, 7) is 5.60. The molecule has 8 nitrogen and oxygen atoms in total. The van der Waals surface area contributed by atoms with E-state index in [0.717, 1.165) is 24.0 Å². The van der Waals surface area contributed by atoms with Crippen LogP contribution in [0.3, 0.4) is 0 Å². The van der Waals surface area contributed by atoms with Crippen LogP contribution in [0.1, 0.15) is 35.5 Å². The number of rotatable bonds is 3. The molecule has 2 aliphatic heterocycles. The Balaban J connectivity index is 1.32. The van der Waals surface area contributed by atoms with Crippen molar-refractivity contribution in [2.45, 2.75) is 32.2 Å². The zero-order chi connectivity index (χ0) is 19.4. The number of aryl methyl sites for hydroxylation is 1. The second-order valence-electron chi connectivity index (χ2n) is 8.35. The molecule has 3 amide bonds. The normalized spacial score (nSPS) is 27.0. The monoisotopic (exact) mass is 383 g/mol. The van der Waals surface area contributed by atoms with Crippen LogP contribution in [0.15, 0.2) is 16.5 Å². The summed E-state index contributed by atoms with van der Waals surface area (Å²) in [6, 6.07) is 3.80. The first-order chi connectivity index (χ1) is 13.5. The maximum absolute atomic E-state index is 12.9. The Kier molecular flexibility index (Phi) is 4.04. The molecule has 0 radical (unpaired) electrons. The van der Waals surface area contributed by atoms with Crippen LogP contribution in [0, 0.1) is 18.8 Å². The zero-order valence-electron chi connectivity index (χ0n) is 16.0. The van der Waals surface area contributed by atoms with Crippen molar-refractivity contribution < 1.29 is 14.0 Å². The van der Waals surface area contributed by atoms with E-state index in [2.05, 4.69) is 15.2 Å². The van der Waals surface area contributed by atoms with E-state index in [1.54, 1.807) is 6.07 Å². The third-order valence-corrected chi connectivity index (χ3v) is 6.63. The van der Waals surface area contributed by atoms with Crippen LogP contribution in [0.5, 0.6) is 0 Å². The van der Waals surface area contributed by atoms with E-state index >= 15 is 0 Å². The molecular weight excluding hydrogens is 358 g/mol. The lowest BCUT2D eigenvalue weighted by Gasteiger charge is -2.28. The fourth-order valence-electron chi connectivity index (χ4n) is 4.87. The summed E-state index contributed by atoms with van der Waals surface area (Å²) >= 11 is 0. The number of likely N-dealkylation sites (tertiary alicyclic amines) is 2. The summed E-state index contributed by atoms with van der Waals surface area (Å²) in [4.78, 5) is 33.3. The Morgan fingerprint density at radius 3 is 2.61 bits per heavy atom. The average Bonchev–Trinajstić information content (AvgIpc) is 3.32. The van der Waals surface area contributed by atoms with E-state index in [1.807, 2.05) is 17.9 Å². The summed E-state index contributed by atoms with van der Waals surface area (Å²) in [5.74, 6) is 0.953. The highest BCUT2D eigenvalue weighted by Gasteiger charge is 2.43. The van der Waals surface area contributed by atoms with Crippen molar-refractivity contribution in [3.63, 3.8) is 0 Å². The Labute approximate surface area is 163 Å². The van der Waals surface area contributed by atoms with Crippen LogP contribution in [0.2, 0.25) is 0 Å². The highest BCUT2D eigenvalue weighted by Crippen LogP contribution is 2.42. The molecule has 4 heterocycles. The minimum Gasteiger partial charge on any atom is -0.430 e. The number of hydrogen-bond acceptors (Lipinski definition) is 5. The van der Waals surface area contributed by atoms with Gasteiger partial charge in [0.1, 0.15) is 5.69 Å². The smallest absolute Gasteiger partial charge is 0.322 e. The van der Waals surface area contributed by atoms with Gasteiger partial charge in [-0.25, -0.2) is 9.78 Å². The molecular formula is C20H25N5O3. The molecule has 3 fully saturated rings. The number of nitrogens with two attached hydrogens (primary N) is 1. The zero-order valence-corrected chi connectivity index (χ0v) is 16.0. The van der Waals surface area contributed by atoms with Crippen molar-refractivity contribution in [2.24, 2.45) is 17.6 Å². The lowest BCUT2D eigenvalue weighted by molar-refractivity contribution is 0.0977. The van der Waals surface area contributed by atoms with Crippen molar-refractivity contribution >= 4 is 28.7 Å². The van der Waals surface area contributed by atoms with Gasteiger partial charge in [-0.2, -0.15) is 0 Å². The topological polar surface area (TPSA) is 105 Å². The lowest BCUT2D eigenvalue weighted by Crippen LogP contribution is -2.39. The van der Waals surface area contributed by atoms with Crippen LogP contribution in [0.25, 0.3) is 11.1 Å². The highest BCUT2D eigenvalue weighted by molar-refractivity contribution is 6.09. The minimum atomic E-state index is -0.724. The molecule has 1 aliphatic carbocycles. The SMILES string of the molecule is Cc1ccc2c(NC(=O)N3CC[C@@H](N4CC5CCC5C4)C3)c(C(N)=O)oc2n1. The molecule has 28 heavy (non-hydrogen) atoms. The van der Waals surface area contributed by atoms with Crippen molar-refractivity contribution in [1.29, 1.82) is 0 Å². The fourth-order valence-corrected chi connectivity index (χ4v) is 4.87. The quantitative estimate of drug-likeness (QED) is 0.845. The molecule has 5 rings (SSSR count). The minimum absolute atomic E-state index is 0.0617. The number of hydrogen-bond donors (Lipinski definition) is 2. The third kappa shape index (κ3) is 2.83. The number of nitrogens with one attached hydrogen (secondary N) is 1. The molecule has 1 saturated carbocycles. The van der Waals surface area contributed by atoms with Gasteiger partial charge in [-0.05, 0) is 50.2 Å². The summed E-state index contributed by atoms with van der Waals surface area (Å²) in [7, 11) is 0. The van der Waals surface area contributed by atoms with E-state index in [4.69, 9.17) is 10.2 Å². The van der Waals surface area contributed by atoms with E-state index < -0.39 is 5.91 Å². The Hall–Kier alpha value is -2.61. The number of aromatic nitrogens is 1. The summed E-state index contributed by atoms with van der Waals surface area (Å²) in [5.41, 5.74) is 6.82. The number of pyridine rings is 1. The van der Waals surface area contributed by atoms with Crippen molar-refractivity contribution in [3.8, 4) is 0 Å². The molecule has 2 aromatic heterocycles. The number of carbonyl (C=O) groups is 2. The highest BCUT2D eigenvalue weighted by atomic mass is 16.4. The van der Waals surface area contributed by atoms with Gasteiger partial charge in [-0.1, -0.05) is 0 Å². The fraction of sp³-hybridized carbons (Fsp3) is 0.550. The molecule has 2 saturated heterocycles. The first kappa shape index (κ1) is 17.5. The first-order valence-corrected chi connectivity index (χ1v) is 9.99. The molecule has 3 N–H and O–H groups in total. The number of carbonyl (C=O) groups excluding carboxylic acids is 2. The number of primary amides is 1. The van der Waals surface area contributed by atoms with E-state index in [0.29, 0.717) is 35.9 Å². The van der Waals surface area contributed by atoms with Gasteiger partial charge in [0.2, 0.25) is 11.5 Å². The molecule has 3 aliphatic rings. The standard InChI is InChI=1S/C20H25N5O3/c1-11-2-5-15-16(17(18(21)26)28-19(15)22-11)23-20(27)24-7-6-14(10-24)25-8-12-3-4-13(12)9-25/h2,5,12-14H,3-4,6-10H2,1H3,(H2,21,26)(H,23,27)/t12?,13?,14-/m1/s1. The second-order valence-corrected chi connectivity index (χ2v) is 8.35. The first-order valence-electron chi connectivity index (χ1n) is 9.99. The molecule has 0 bridgehead atoms. The van der Waals surface area contributed by atoms with Gasteiger partial charge in [-0.15, -0.1) is 0 Å². The average molecular weight is 383 g/mol. The van der Waals surface area contributed by atoms with Crippen LogP contribution >= 0.6 is 0 Å². The van der Waals surface area contributed by atoms with Crippen LogP contribution in [0.4, 0.5) is 10.5 Å². The maximum Gasteiger partial charge on any atom is 0.322 e. The van der Waals surface area contributed by atoms with Gasteiger partial charge < -0.3 is 20.4 Å². The number of amides is 3. The van der Waals surface area contributed by atoms with E-state index in [1.165, 1.54) is 25.9 Å². The Morgan fingerprint density at radius 1 is 1.18 bits per heavy atom. The second kappa shape index (κ2) is 6.48. The molecule has 148 valence electrons. The summed E-state index contributed by atoms with van der Waals surface area (Å²) in [5, 5.41) is 3.43. The molecule has 0 aromatic carbocycles. The van der Waals surface area contributed by atoms with E-state index in [9.17, 15) is 9.59 Å². The molecule has 2 aromatic rings. The molecule has 8 heteroatoms. The van der Waals surface area contributed by atoms with Gasteiger partial charge >= 0.3 is 6.03 Å². The van der Waals surface area contributed by atoms with Gasteiger partial charge in [-0.3, -0.25) is 9.69 Å². The number of urea groups is 1. The van der Waals surface area contributed by atoms with Crippen molar-refractivity contribution in [1.82, 2.24) is 14.8 Å². The van der Waals surface area contributed by atoms with Crippen LogP contribution in [-0.2, 0) is 0 Å². The number of anilines is 1. The molecule has 2 unspecified atom stereocenters. The third-order valence-electron chi connectivity index (χ3n) is 6.63. The Morgan fingerprint density at radius 2 is 1.93 bits per heavy atom. The predicted octanol–water partition coefficient (Wildman–Crippen LogP) is 2.18. The largest absolute Gasteiger partial charge is 0.430 e. The summed E-state index contributed by atoms with van der Waals surface area (Å²) in [6.07, 6.45) is 3.70. The van der Waals surface area contributed by atoms with Gasteiger partial charge in [0.25, 0.3) is 5.91 Å². The van der Waals surface area contributed by atoms with Crippen LogP contribution < -0.4 is 11.1 Å².